The van der Waals surface area contributed by atoms with E-state index in [1.54, 1.807) is 0 Å². The van der Waals surface area contributed by atoms with Crippen LogP contribution in [0.25, 0.3) is 0 Å². The number of urea groups is 1. The molecule has 25 heavy (non-hydrogen) atoms. The maximum absolute atomic E-state index is 13.6. The van der Waals surface area contributed by atoms with Gasteiger partial charge in [0.1, 0.15) is 11.6 Å². The highest BCUT2D eigenvalue weighted by Crippen LogP contribution is 2.35. The van der Waals surface area contributed by atoms with Gasteiger partial charge in [-0.2, -0.15) is 13.2 Å². The normalized spacial score (nSPS) is 20.9. The Labute approximate surface area is 140 Å². The van der Waals surface area contributed by atoms with E-state index < -0.39 is 51.2 Å². The Morgan fingerprint density at radius 1 is 1.24 bits per heavy atom. The van der Waals surface area contributed by atoms with Crippen molar-refractivity contribution in [1.29, 1.82) is 0 Å². The van der Waals surface area contributed by atoms with E-state index in [0.29, 0.717) is 12.1 Å². The van der Waals surface area contributed by atoms with Gasteiger partial charge in [-0.15, -0.1) is 0 Å². The van der Waals surface area contributed by atoms with Gasteiger partial charge in [-0.1, -0.05) is 6.07 Å². The van der Waals surface area contributed by atoms with Crippen molar-refractivity contribution >= 4 is 15.9 Å². The number of hydrogen-bond donors (Lipinski definition) is 2. The Bertz CT molecular complexity index is 731. The van der Waals surface area contributed by atoms with Crippen LogP contribution in [0.1, 0.15) is 18.0 Å². The molecule has 1 aliphatic heterocycles. The third-order valence-corrected chi connectivity index (χ3v) is 5.61. The van der Waals surface area contributed by atoms with Gasteiger partial charge in [0, 0.05) is 6.54 Å². The third kappa shape index (κ3) is 5.03. The first-order chi connectivity index (χ1) is 11.5. The first kappa shape index (κ1) is 19.4. The third-order valence-electron chi connectivity index (χ3n) is 3.77. The van der Waals surface area contributed by atoms with E-state index in [2.05, 4.69) is 5.32 Å². The lowest BCUT2D eigenvalue weighted by molar-refractivity contribution is -0.156. The molecule has 2 unspecified atom stereocenters. The molecule has 1 fully saturated rings. The van der Waals surface area contributed by atoms with Crippen LogP contribution in [0.2, 0.25) is 0 Å². The van der Waals surface area contributed by atoms with E-state index in [9.17, 15) is 35.2 Å². The second-order valence-electron chi connectivity index (χ2n) is 5.73. The summed E-state index contributed by atoms with van der Waals surface area (Å²) in [6, 6.07) is -1.96. The van der Waals surface area contributed by atoms with Gasteiger partial charge in [0.15, 0.2) is 15.9 Å². The van der Waals surface area contributed by atoms with Crippen LogP contribution >= 0.6 is 0 Å². The highest BCUT2D eigenvalue weighted by atomic mass is 32.2. The smallest absolute Gasteiger partial charge is 0.338 e. The highest BCUT2D eigenvalue weighted by Gasteiger charge is 2.45. The van der Waals surface area contributed by atoms with Crippen molar-refractivity contribution in [1.82, 2.24) is 10.6 Å². The van der Waals surface area contributed by atoms with Gasteiger partial charge in [-0.05, 0) is 24.5 Å². The van der Waals surface area contributed by atoms with Gasteiger partial charge < -0.3 is 10.6 Å². The molecular weight excluding hydrogens is 371 g/mol. The lowest BCUT2D eigenvalue weighted by Gasteiger charge is -2.23. The van der Waals surface area contributed by atoms with E-state index in [-0.39, 0.29) is 24.5 Å². The Balaban J connectivity index is 2.07. The molecule has 1 aliphatic rings. The molecule has 2 atom stereocenters. The second-order valence-corrected chi connectivity index (χ2v) is 7.96. The van der Waals surface area contributed by atoms with Crippen molar-refractivity contribution in [3.63, 3.8) is 0 Å². The summed E-state index contributed by atoms with van der Waals surface area (Å²) in [7, 11) is -3.19. The zero-order valence-corrected chi connectivity index (χ0v) is 13.6. The largest absolute Gasteiger partial charge is 0.413 e. The zero-order chi connectivity index (χ0) is 18.8. The van der Waals surface area contributed by atoms with Crippen LogP contribution in [-0.2, 0) is 9.84 Å². The quantitative estimate of drug-likeness (QED) is 0.780. The number of rotatable bonds is 4. The molecule has 1 saturated heterocycles. The topological polar surface area (TPSA) is 75.3 Å². The molecule has 2 rings (SSSR count). The molecule has 1 aromatic carbocycles. The van der Waals surface area contributed by atoms with Crippen molar-refractivity contribution in [3.8, 4) is 0 Å². The van der Waals surface area contributed by atoms with Crippen molar-refractivity contribution < 1.29 is 35.2 Å². The number of carbonyl (C=O) groups excluding carboxylic acids is 1. The number of hydrogen-bond acceptors (Lipinski definition) is 3. The van der Waals surface area contributed by atoms with Gasteiger partial charge in [-0.3, -0.25) is 0 Å². The summed E-state index contributed by atoms with van der Waals surface area (Å²) in [5, 5.41) is 3.61. The molecular formula is C14H15F5N2O3S. The number of halogens is 5. The van der Waals surface area contributed by atoms with Crippen molar-refractivity contribution in [3.05, 3.63) is 35.4 Å². The second kappa shape index (κ2) is 7.14. The maximum atomic E-state index is 13.6. The van der Waals surface area contributed by atoms with Gasteiger partial charge >= 0.3 is 12.2 Å². The molecule has 0 bridgehead atoms. The molecule has 0 aromatic heterocycles. The number of alkyl halides is 3. The van der Waals surface area contributed by atoms with Crippen LogP contribution in [0.5, 0.6) is 0 Å². The van der Waals surface area contributed by atoms with E-state index in [4.69, 9.17) is 0 Å². The molecule has 140 valence electrons. The minimum absolute atomic E-state index is 0.0490. The van der Waals surface area contributed by atoms with Crippen molar-refractivity contribution in [2.24, 2.45) is 5.92 Å². The molecule has 2 N–H and O–H groups in total. The monoisotopic (exact) mass is 386 g/mol. The number of benzene rings is 1. The summed E-state index contributed by atoms with van der Waals surface area (Å²) >= 11 is 0. The standard InChI is InChI=1S/C14H15F5N2O3S/c15-9-2-1-3-10(16)11(9)12(14(17,18)19)21-13(22)20-6-8-4-5-25(23,24)7-8/h1-3,8,12H,4-7H2,(H2,20,21,22). The van der Waals surface area contributed by atoms with E-state index in [1.165, 1.54) is 5.32 Å². The predicted octanol–water partition coefficient (Wildman–Crippen LogP) is 2.30. The Morgan fingerprint density at radius 2 is 1.84 bits per heavy atom. The van der Waals surface area contributed by atoms with Crippen LogP contribution in [0.4, 0.5) is 26.7 Å². The van der Waals surface area contributed by atoms with Gasteiger partial charge in [0.05, 0.1) is 17.1 Å². The summed E-state index contributed by atoms with van der Waals surface area (Å²) in [6.45, 7) is -0.157. The molecule has 5 nitrogen and oxygen atoms in total. The summed E-state index contributed by atoms with van der Waals surface area (Å²) in [5.74, 6) is -3.51. The predicted molar refractivity (Wildman–Crippen MR) is 78.4 cm³/mol. The zero-order valence-electron chi connectivity index (χ0n) is 12.7. The molecule has 1 heterocycles. The summed E-state index contributed by atoms with van der Waals surface area (Å²) < 4.78 is 89.2. The fraction of sp³-hybridized carbons (Fsp3) is 0.500. The van der Waals surface area contributed by atoms with Crippen molar-refractivity contribution in [2.45, 2.75) is 18.6 Å². The SMILES string of the molecule is O=C(NCC1CCS(=O)(=O)C1)NC(c1c(F)cccc1F)C(F)(F)F. The highest BCUT2D eigenvalue weighted by molar-refractivity contribution is 7.91. The number of carbonyl (C=O) groups is 1. The molecule has 1 aromatic rings. The molecule has 0 saturated carbocycles. The first-order valence-electron chi connectivity index (χ1n) is 7.25. The van der Waals surface area contributed by atoms with Crippen LogP contribution in [0.15, 0.2) is 18.2 Å². The molecule has 2 amide bonds. The average Bonchev–Trinajstić information content (AvgIpc) is 2.82. The van der Waals surface area contributed by atoms with Crippen molar-refractivity contribution in [2.75, 3.05) is 18.1 Å². The fourth-order valence-electron chi connectivity index (χ4n) is 2.56. The van der Waals surface area contributed by atoms with Crippen LogP contribution < -0.4 is 10.6 Å². The van der Waals surface area contributed by atoms with E-state index in [1.807, 2.05) is 0 Å². The summed E-state index contributed by atoms with van der Waals surface area (Å²) in [6.07, 6.45) is -4.84. The van der Waals surface area contributed by atoms with Crippen LogP contribution in [-0.4, -0.2) is 38.7 Å². The molecule has 0 aliphatic carbocycles. The lowest BCUT2D eigenvalue weighted by Crippen LogP contribution is -2.45. The average molecular weight is 386 g/mol. The Kier molecular flexibility index (Phi) is 5.55. The van der Waals surface area contributed by atoms with Gasteiger partial charge in [0.25, 0.3) is 0 Å². The first-order valence-corrected chi connectivity index (χ1v) is 9.07. The maximum Gasteiger partial charge on any atom is 0.413 e. The minimum atomic E-state index is -5.13. The summed E-state index contributed by atoms with van der Waals surface area (Å²) in [4.78, 5) is 11.7. The van der Waals surface area contributed by atoms with Gasteiger partial charge in [0.2, 0.25) is 0 Å². The molecule has 11 heteroatoms. The van der Waals surface area contributed by atoms with Gasteiger partial charge in [-0.25, -0.2) is 22.0 Å². The summed E-state index contributed by atoms with van der Waals surface area (Å²) in [5.41, 5.74) is -1.31. The van der Waals surface area contributed by atoms with Crippen LogP contribution in [0, 0.1) is 17.6 Å². The lowest BCUT2D eigenvalue weighted by atomic mass is 10.1. The molecule has 0 radical (unpaired) electrons. The number of nitrogens with one attached hydrogen (secondary N) is 2. The minimum Gasteiger partial charge on any atom is -0.338 e. The number of amides is 2. The molecule has 0 spiro atoms. The van der Waals surface area contributed by atoms with E-state index >= 15 is 0 Å². The Morgan fingerprint density at radius 3 is 2.32 bits per heavy atom. The number of sulfone groups is 1. The fourth-order valence-corrected chi connectivity index (χ4v) is 4.42. The Hall–Kier alpha value is -1.91. The van der Waals surface area contributed by atoms with E-state index in [0.717, 1.165) is 6.07 Å². The van der Waals surface area contributed by atoms with Crippen LogP contribution in [0.3, 0.4) is 0 Å².